The van der Waals surface area contributed by atoms with Crippen LogP contribution in [0.5, 0.6) is 0 Å². The number of hydrogen-bond acceptors (Lipinski definition) is 3. The molecule has 0 aliphatic carbocycles. The molecule has 0 fully saturated rings. The standard InChI is InChI=1S/C9H11NOS/c1-7(11-8(2)12)9-5-3-4-6-10-9/h3-7H,1-2H3. The Morgan fingerprint density at radius 3 is 2.83 bits per heavy atom. The fourth-order valence-electron chi connectivity index (χ4n) is 0.926. The molecule has 1 aromatic rings. The fourth-order valence-corrected chi connectivity index (χ4v) is 1.07. The lowest BCUT2D eigenvalue weighted by Gasteiger charge is -2.11. The Morgan fingerprint density at radius 2 is 2.33 bits per heavy atom. The minimum absolute atomic E-state index is 0.0521. The number of ether oxygens (including phenoxy) is 1. The van der Waals surface area contributed by atoms with Gasteiger partial charge in [0.25, 0.3) is 0 Å². The SMILES string of the molecule is CC(=S)OC(C)c1ccccn1. The van der Waals surface area contributed by atoms with Gasteiger partial charge in [0.1, 0.15) is 6.10 Å². The zero-order valence-electron chi connectivity index (χ0n) is 7.15. The summed E-state index contributed by atoms with van der Waals surface area (Å²) in [6.07, 6.45) is 1.69. The van der Waals surface area contributed by atoms with Gasteiger partial charge in [-0.25, -0.2) is 0 Å². The number of nitrogens with zero attached hydrogens (tertiary/aromatic N) is 1. The van der Waals surface area contributed by atoms with Crippen LogP contribution in [-0.2, 0) is 4.74 Å². The molecule has 0 saturated carbocycles. The molecule has 0 amide bonds. The fraction of sp³-hybridized carbons (Fsp3) is 0.333. The van der Waals surface area contributed by atoms with Crippen molar-refractivity contribution in [2.24, 2.45) is 0 Å². The summed E-state index contributed by atoms with van der Waals surface area (Å²) in [4.78, 5) is 4.15. The summed E-state index contributed by atoms with van der Waals surface area (Å²) in [7, 11) is 0. The lowest BCUT2D eigenvalue weighted by Crippen LogP contribution is -2.04. The Bertz CT molecular complexity index is 260. The van der Waals surface area contributed by atoms with E-state index >= 15 is 0 Å². The highest BCUT2D eigenvalue weighted by molar-refractivity contribution is 7.80. The average molecular weight is 181 g/mol. The molecule has 12 heavy (non-hydrogen) atoms. The molecular weight excluding hydrogens is 170 g/mol. The van der Waals surface area contributed by atoms with Gasteiger partial charge in [-0.05, 0) is 31.3 Å². The predicted octanol–water partition coefficient (Wildman–Crippen LogP) is 2.51. The van der Waals surface area contributed by atoms with Crippen LogP contribution >= 0.6 is 12.2 Å². The molecule has 2 nitrogen and oxygen atoms in total. The lowest BCUT2D eigenvalue weighted by molar-refractivity contribution is 0.212. The zero-order chi connectivity index (χ0) is 8.97. The van der Waals surface area contributed by atoms with Gasteiger partial charge in [0.2, 0.25) is 0 Å². The molecule has 0 spiro atoms. The summed E-state index contributed by atoms with van der Waals surface area (Å²) in [5.41, 5.74) is 0.904. The van der Waals surface area contributed by atoms with Crippen LogP contribution in [0.3, 0.4) is 0 Å². The van der Waals surface area contributed by atoms with E-state index in [0.29, 0.717) is 5.05 Å². The van der Waals surface area contributed by atoms with Gasteiger partial charge in [-0.2, -0.15) is 0 Å². The number of aromatic nitrogens is 1. The Morgan fingerprint density at radius 1 is 1.58 bits per heavy atom. The molecule has 1 rings (SSSR count). The van der Waals surface area contributed by atoms with E-state index < -0.39 is 0 Å². The molecule has 64 valence electrons. The van der Waals surface area contributed by atoms with Crippen molar-refractivity contribution in [1.29, 1.82) is 0 Å². The maximum atomic E-state index is 5.31. The van der Waals surface area contributed by atoms with E-state index in [4.69, 9.17) is 17.0 Å². The van der Waals surface area contributed by atoms with E-state index in [1.54, 1.807) is 13.1 Å². The third kappa shape index (κ3) is 2.58. The molecule has 0 aromatic carbocycles. The van der Waals surface area contributed by atoms with Crippen LogP contribution in [-0.4, -0.2) is 10.0 Å². The summed E-state index contributed by atoms with van der Waals surface area (Å²) in [5, 5.41) is 0.549. The smallest absolute Gasteiger partial charge is 0.157 e. The first-order valence-electron chi connectivity index (χ1n) is 3.78. The van der Waals surface area contributed by atoms with Gasteiger partial charge in [-0.15, -0.1) is 0 Å². The van der Waals surface area contributed by atoms with Crippen LogP contribution in [0.1, 0.15) is 25.6 Å². The summed E-state index contributed by atoms with van der Waals surface area (Å²) >= 11 is 4.82. The van der Waals surface area contributed by atoms with Gasteiger partial charge in [0.15, 0.2) is 5.05 Å². The first-order valence-corrected chi connectivity index (χ1v) is 4.19. The van der Waals surface area contributed by atoms with Crippen LogP contribution in [0.4, 0.5) is 0 Å². The maximum absolute atomic E-state index is 5.31. The van der Waals surface area contributed by atoms with Gasteiger partial charge in [0, 0.05) is 13.1 Å². The maximum Gasteiger partial charge on any atom is 0.157 e. The molecule has 0 aliphatic heterocycles. The van der Waals surface area contributed by atoms with Gasteiger partial charge < -0.3 is 4.74 Å². The Labute approximate surface area is 77.6 Å². The molecule has 0 aliphatic rings. The van der Waals surface area contributed by atoms with E-state index in [1.165, 1.54) is 0 Å². The molecule has 1 aromatic heterocycles. The molecule has 1 atom stereocenters. The monoisotopic (exact) mass is 181 g/mol. The molecule has 3 heteroatoms. The highest BCUT2D eigenvalue weighted by atomic mass is 32.1. The molecule has 0 saturated heterocycles. The second kappa shape index (κ2) is 4.16. The van der Waals surface area contributed by atoms with Crippen molar-refractivity contribution in [3.05, 3.63) is 30.1 Å². The number of hydrogen-bond donors (Lipinski definition) is 0. The van der Waals surface area contributed by atoms with E-state index in [9.17, 15) is 0 Å². The topological polar surface area (TPSA) is 22.1 Å². The molecular formula is C9H11NOS. The zero-order valence-corrected chi connectivity index (χ0v) is 7.97. The molecule has 1 heterocycles. The van der Waals surface area contributed by atoms with E-state index in [1.807, 2.05) is 25.1 Å². The third-order valence-electron chi connectivity index (χ3n) is 1.45. The summed E-state index contributed by atoms with van der Waals surface area (Å²) in [6, 6.07) is 5.73. The van der Waals surface area contributed by atoms with E-state index in [2.05, 4.69) is 4.98 Å². The average Bonchev–Trinajstić information content (AvgIpc) is 2.05. The Kier molecular flexibility index (Phi) is 3.17. The summed E-state index contributed by atoms with van der Waals surface area (Å²) < 4.78 is 5.31. The molecule has 0 radical (unpaired) electrons. The molecule has 1 unspecified atom stereocenters. The molecule has 0 N–H and O–H groups in total. The predicted molar refractivity (Wildman–Crippen MR) is 52.0 cm³/mol. The Hall–Kier alpha value is -0.960. The minimum atomic E-state index is -0.0521. The van der Waals surface area contributed by atoms with Crippen LogP contribution in [0, 0.1) is 0 Å². The quantitative estimate of drug-likeness (QED) is 0.654. The largest absolute Gasteiger partial charge is 0.478 e. The van der Waals surface area contributed by atoms with E-state index in [0.717, 1.165) is 5.69 Å². The number of thiocarbonyl (C=S) groups is 1. The van der Waals surface area contributed by atoms with Crippen LogP contribution in [0.25, 0.3) is 0 Å². The number of rotatable bonds is 2. The highest BCUT2D eigenvalue weighted by Crippen LogP contribution is 2.13. The van der Waals surface area contributed by atoms with Crippen LogP contribution < -0.4 is 0 Å². The van der Waals surface area contributed by atoms with Gasteiger partial charge in [0.05, 0.1) is 5.69 Å². The third-order valence-corrected chi connectivity index (χ3v) is 1.54. The first kappa shape index (κ1) is 9.13. The normalized spacial score (nSPS) is 12.2. The van der Waals surface area contributed by atoms with Crippen LogP contribution in [0.15, 0.2) is 24.4 Å². The first-order chi connectivity index (χ1) is 5.70. The molecule has 0 bridgehead atoms. The van der Waals surface area contributed by atoms with Crippen molar-refractivity contribution in [3.8, 4) is 0 Å². The lowest BCUT2D eigenvalue weighted by atomic mass is 10.2. The van der Waals surface area contributed by atoms with Crippen molar-refractivity contribution in [2.75, 3.05) is 0 Å². The van der Waals surface area contributed by atoms with Crippen molar-refractivity contribution in [3.63, 3.8) is 0 Å². The summed E-state index contributed by atoms with van der Waals surface area (Å²) in [6.45, 7) is 3.69. The second-order valence-corrected chi connectivity index (χ2v) is 3.08. The second-order valence-electron chi connectivity index (χ2n) is 2.51. The van der Waals surface area contributed by atoms with Crippen molar-refractivity contribution in [1.82, 2.24) is 4.98 Å². The van der Waals surface area contributed by atoms with Gasteiger partial charge >= 0.3 is 0 Å². The van der Waals surface area contributed by atoms with Crippen molar-refractivity contribution < 1.29 is 4.74 Å². The van der Waals surface area contributed by atoms with Gasteiger partial charge in [-0.1, -0.05) is 6.07 Å². The highest BCUT2D eigenvalue weighted by Gasteiger charge is 2.06. The van der Waals surface area contributed by atoms with E-state index in [-0.39, 0.29) is 6.10 Å². The van der Waals surface area contributed by atoms with Crippen molar-refractivity contribution >= 4 is 17.3 Å². The van der Waals surface area contributed by atoms with Gasteiger partial charge in [-0.3, -0.25) is 4.98 Å². The van der Waals surface area contributed by atoms with Crippen LogP contribution in [0.2, 0.25) is 0 Å². The summed E-state index contributed by atoms with van der Waals surface area (Å²) in [5.74, 6) is 0. The Balaban J connectivity index is 2.65. The minimum Gasteiger partial charge on any atom is -0.478 e. The van der Waals surface area contributed by atoms with Crippen molar-refractivity contribution in [2.45, 2.75) is 20.0 Å². The number of pyridine rings is 1.